The zero-order valence-electron chi connectivity index (χ0n) is 15.8. The first-order valence-electron chi connectivity index (χ1n) is 9.18. The van der Waals surface area contributed by atoms with E-state index in [2.05, 4.69) is 24.6 Å². The highest BCUT2D eigenvalue weighted by Crippen LogP contribution is 2.53. The molecule has 0 amide bonds. The van der Waals surface area contributed by atoms with Gasteiger partial charge >= 0.3 is 0 Å². The highest BCUT2D eigenvalue weighted by atomic mass is 32.2. The molecule has 1 spiro atoms. The molecule has 1 aliphatic carbocycles. The molecule has 1 aliphatic heterocycles. The number of H-pyrrole nitrogens is 1. The standard InChI is InChI=1S/C18H25N5OS3/c1-17(2,3)27(24)22-16-15-12(21-11-26-15)8-18(16)4-6-23(7-5-18)13-9-20-14(25)10-19-13/h9-11,16,22H,4-8H2,1-3H3,(H,20,25)/t16-,27?/m1/s1. The van der Waals surface area contributed by atoms with E-state index in [1.54, 1.807) is 17.5 Å². The maximum Gasteiger partial charge on any atom is 0.144 e. The van der Waals surface area contributed by atoms with Gasteiger partial charge in [-0.1, -0.05) is 12.2 Å². The molecule has 2 N–H and O–H groups in total. The van der Waals surface area contributed by atoms with Crippen LogP contribution in [-0.2, 0) is 17.8 Å². The first kappa shape index (κ1) is 19.3. The van der Waals surface area contributed by atoms with Gasteiger partial charge in [-0.15, -0.1) is 16.1 Å². The van der Waals surface area contributed by atoms with Crippen LogP contribution in [0.5, 0.6) is 0 Å². The van der Waals surface area contributed by atoms with E-state index >= 15 is 0 Å². The van der Waals surface area contributed by atoms with E-state index in [1.165, 1.54) is 10.6 Å². The molecular formula is C18H25N5OS3. The summed E-state index contributed by atoms with van der Waals surface area (Å²) in [6.45, 7) is 7.89. The van der Waals surface area contributed by atoms with Gasteiger partial charge in [0.25, 0.3) is 0 Å². The number of anilines is 1. The van der Waals surface area contributed by atoms with Crippen molar-refractivity contribution in [3.8, 4) is 0 Å². The first-order chi connectivity index (χ1) is 12.8. The highest BCUT2D eigenvalue weighted by Gasteiger charge is 2.52. The number of aromatic amines is 1. The Kier molecular flexibility index (Phi) is 5.09. The Morgan fingerprint density at radius 1 is 1.37 bits per heavy atom. The minimum Gasteiger partial charge on any atom is -0.598 e. The topological polar surface area (TPSA) is 79.9 Å². The quantitative estimate of drug-likeness (QED) is 0.581. The summed E-state index contributed by atoms with van der Waals surface area (Å²) in [5.74, 6) is 0.937. The Morgan fingerprint density at radius 2 is 2.11 bits per heavy atom. The number of nitrogens with one attached hydrogen (secondary N) is 2. The van der Waals surface area contributed by atoms with Crippen molar-refractivity contribution in [2.45, 2.75) is 50.8 Å². The Bertz CT molecular complexity index is 846. The average molecular weight is 424 g/mol. The predicted molar refractivity (Wildman–Crippen MR) is 113 cm³/mol. The summed E-state index contributed by atoms with van der Waals surface area (Å²) in [7, 11) is 0. The molecule has 2 aromatic heterocycles. The predicted octanol–water partition coefficient (Wildman–Crippen LogP) is 3.53. The van der Waals surface area contributed by atoms with Gasteiger partial charge in [0.2, 0.25) is 0 Å². The van der Waals surface area contributed by atoms with Crippen molar-refractivity contribution in [3.05, 3.63) is 33.1 Å². The fourth-order valence-electron chi connectivity index (χ4n) is 3.98. The number of hydrogen-bond acceptors (Lipinski definition) is 7. The maximum absolute atomic E-state index is 12.8. The normalized spacial score (nSPS) is 22.8. The van der Waals surface area contributed by atoms with Gasteiger partial charge in [-0.05, 0) is 40.0 Å². The summed E-state index contributed by atoms with van der Waals surface area (Å²) >= 11 is 5.67. The van der Waals surface area contributed by atoms with Gasteiger partial charge in [-0.2, -0.15) is 0 Å². The summed E-state index contributed by atoms with van der Waals surface area (Å²) in [6.07, 6.45) is 6.59. The van der Waals surface area contributed by atoms with Gasteiger partial charge in [0.05, 0.1) is 23.4 Å². The van der Waals surface area contributed by atoms with Crippen molar-refractivity contribution in [1.29, 1.82) is 0 Å². The fourth-order valence-corrected chi connectivity index (χ4v) is 6.10. The number of nitrogens with zero attached hydrogens (tertiary/aromatic N) is 3. The molecule has 1 unspecified atom stereocenters. The van der Waals surface area contributed by atoms with E-state index in [-0.39, 0.29) is 16.2 Å². The van der Waals surface area contributed by atoms with Crippen LogP contribution in [0.4, 0.5) is 5.82 Å². The minimum atomic E-state index is -1.11. The SMILES string of the molecule is CC(C)(C)[S+]([O-])N[C@@H]1c2scnc2CC12CCN(c1c[nH]c(=S)cn1)CC2. The number of rotatable bonds is 3. The van der Waals surface area contributed by atoms with Crippen LogP contribution in [0.15, 0.2) is 17.9 Å². The molecular weight excluding hydrogens is 398 g/mol. The Hall–Kier alpha value is -1.00. The average Bonchev–Trinajstić information content (AvgIpc) is 3.17. The molecule has 4 rings (SSSR count). The molecule has 2 aliphatic rings. The molecule has 0 saturated carbocycles. The minimum absolute atomic E-state index is 0.0779. The zero-order chi connectivity index (χ0) is 19.2. The molecule has 146 valence electrons. The molecule has 0 radical (unpaired) electrons. The van der Waals surface area contributed by atoms with Crippen molar-refractivity contribution in [3.63, 3.8) is 0 Å². The van der Waals surface area contributed by atoms with Crippen molar-refractivity contribution >= 4 is 40.7 Å². The lowest BCUT2D eigenvalue weighted by atomic mass is 9.74. The van der Waals surface area contributed by atoms with Crippen LogP contribution in [0.1, 0.15) is 50.2 Å². The molecule has 6 nitrogen and oxygen atoms in total. The molecule has 3 heterocycles. The summed E-state index contributed by atoms with van der Waals surface area (Å²) in [4.78, 5) is 15.7. The molecule has 1 saturated heterocycles. The number of thiazole rings is 1. The second-order valence-electron chi connectivity index (χ2n) is 8.39. The van der Waals surface area contributed by atoms with Crippen LogP contribution < -0.4 is 9.62 Å². The second-order valence-corrected chi connectivity index (χ2v) is 11.7. The fraction of sp³-hybridized carbons (Fsp3) is 0.611. The van der Waals surface area contributed by atoms with Crippen LogP contribution in [0.2, 0.25) is 0 Å². The number of aromatic nitrogens is 3. The van der Waals surface area contributed by atoms with Gasteiger partial charge in [0.1, 0.15) is 15.2 Å². The third-order valence-corrected chi connectivity index (χ3v) is 8.31. The summed E-state index contributed by atoms with van der Waals surface area (Å²) in [5, 5.41) is 0. The Labute approximate surface area is 172 Å². The van der Waals surface area contributed by atoms with Crippen molar-refractivity contribution in [2.24, 2.45) is 5.41 Å². The first-order valence-corrected chi connectivity index (χ1v) is 11.6. The summed E-state index contributed by atoms with van der Waals surface area (Å²) in [5.41, 5.74) is 3.17. The summed E-state index contributed by atoms with van der Waals surface area (Å²) < 4.78 is 16.7. The number of fused-ring (bicyclic) bond motifs is 1. The lowest BCUT2D eigenvalue weighted by Gasteiger charge is -2.43. The molecule has 2 atom stereocenters. The lowest BCUT2D eigenvalue weighted by molar-refractivity contribution is 0.176. The van der Waals surface area contributed by atoms with E-state index < -0.39 is 11.4 Å². The van der Waals surface area contributed by atoms with E-state index in [0.717, 1.165) is 38.2 Å². The zero-order valence-corrected chi connectivity index (χ0v) is 18.3. The third kappa shape index (κ3) is 3.67. The van der Waals surface area contributed by atoms with Gasteiger partial charge in [-0.3, -0.25) is 0 Å². The van der Waals surface area contributed by atoms with Crippen LogP contribution >= 0.6 is 23.6 Å². The van der Waals surface area contributed by atoms with E-state index in [9.17, 15) is 4.55 Å². The van der Waals surface area contributed by atoms with Crippen LogP contribution in [0.25, 0.3) is 0 Å². The van der Waals surface area contributed by atoms with E-state index in [1.807, 2.05) is 32.5 Å². The Balaban J connectivity index is 1.54. The third-order valence-electron chi connectivity index (χ3n) is 5.59. The Morgan fingerprint density at radius 3 is 2.74 bits per heavy atom. The molecule has 2 aromatic rings. The van der Waals surface area contributed by atoms with Crippen LogP contribution in [-0.4, -0.2) is 37.3 Å². The largest absolute Gasteiger partial charge is 0.598 e. The molecule has 0 aromatic carbocycles. The lowest BCUT2D eigenvalue weighted by Crippen LogP contribution is -2.49. The van der Waals surface area contributed by atoms with Gasteiger partial charge < -0.3 is 14.4 Å². The smallest absolute Gasteiger partial charge is 0.144 e. The highest BCUT2D eigenvalue weighted by molar-refractivity contribution is 7.90. The van der Waals surface area contributed by atoms with Crippen LogP contribution in [0.3, 0.4) is 0 Å². The summed E-state index contributed by atoms with van der Waals surface area (Å²) in [6, 6.07) is 0.108. The van der Waals surface area contributed by atoms with E-state index in [0.29, 0.717) is 4.64 Å². The number of piperidine rings is 1. The van der Waals surface area contributed by atoms with Gasteiger partial charge in [0.15, 0.2) is 0 Å². The number of hydrogen-bond donors (Lipinski definition) is 2. The molecule has 1 fully saturated rings. The van der Waals surface area contributed by atoms with Crippen molar-refractivity contribution in [1.82, 2.24) is 19.7 Å². The van der Waals surface area contributed by atoms with Gasteiger partial charge in [0, 0.05) is 40.9 Å². The van der Waals surface area contributed by atoms with Gasteiger partial charge in [-0.25, -0.2) is 9.97 Å². The molecule has 27 heavy (non-hydrogen) atoms. The van der Waals surface area contributed by atoms with Crippen molar-refractivity contribution < 1.29 is 4.55 Å². The van der Waals surface area contributed by atoms with E-state index in [4.69, 9.17) is 12.2 Å². The molecule has 9 heteroatoms. The molecule has 0 bridgehead atoms. The second kappa shape index (κ2) is 7.11. The van der Waals surface area contributed by atoms with Crippen molar-refractivity contribution in [2.75, 3.05) is 18.0 Å². The van der Waals surface area contributed by atoms with Crippen LogP contribution in [0, 0.1) is 10.1 Å². The monoisotopic (exact) mass is 423 g/mol. The maximum atomic E-state index is 12.8.